The number of anilines is 1. The average Bonchev–Trinajstić information content (AvgIpc) is 2.84. The summed E-state index contributed by atoms with van der Waals surface area (Å²) in [7, 11) is 1.72. The van der Waals surface area contributed by atoms with Gasteiger partial charge in [-0.25, -0.2) is 0 Å². The Hall–Kier alpha value is -1.03. The summed E-state index contributed by atoms with van der Waals surface area (Å²) in [5.41, 5.74) is 1.15. The van der Waals surface area contributed by atoms with Gasteiger partial charge in [-0.05, 0) is 24.7 Å². The van der Waals surface area contributed by atoms with Crippen LogP contribution in [0.25, 0.3) is 0 Å². The molecule has 1 aliphatic rings. The zero-order valence-electron chi connectivity index (χ0n) is 12.4. The molecule has 0 amide bonds. The lowest BCUT2D eigenvalue weighted by atomic mass is 9.78. The van der Waals surface area contributed by atoms with E-state index in [-0.39, 0.29) is 0 Å². The second kappa shape index (κ2) is 6.94. The van der Waals surface area contributed by atoms with Crippen molar-refractivity contribution in [2.45, 2.75) is 52.1 Å². The van der Waals surface area contributed by atoms with Crippen molar-refractivity contribution in [3.05, 3.63) is 12.4 Å². The molecule has 1 N–H and O–H groups in total. The van der Waals surface area contributed by atoms with Crippen molar-refractivity contribution in [2.75, 3.05) is 19.0 Å². The van der Waals surface area contributed by atoms with Gasteiger partial charge in [0, 0.05) is 19.3 Å². The maximum atomic E-state index is 5.07. The molecule has 2 unspecified atom stereocenters. The lowest BCUT2D eigenvalue weighted by Gasteiger charge is -2.35. The maximum absolute atomic E-state index is 5.07. The van der Waals surface area contributed by atoms with Crippen LogP contribution >= 0.6 is 0 Å². The number of hydrogen-bond donors (Lipinski definition) is 1. The van der Waals surface area contributed by atoms with Crippen LogP contribution in [0.15, 0.2) is 12.4 Å². The summed E-state index contributed by atoms with van der Waals surface area (Å²) in [6, 6.07) is 0.605. The Balaban J connectivity index is 1.93. The molecule has 4 heteroatoms. The van der Waals surface area contributed by atoms with Crippen LogP contribution < -0.4 is 5.32 Å². The van der Waals surface area contributed by atoms with Gasteiger partial charge in [0.15, 0.2) is 0 Å². The van der Waals surface area contributed by atoms with Gasteiger partial charge in [-0.15, -0.1) is 0 Å². The highest BCUT2D eigenvalue weighted by molar-refractivity contribution is 5.39. The predicted molar refractivity (Wildman–Crippen MR) is 78.3 cm³/mol. The minimum absolute atomic E-state index is 0.605. The third-order valence-corrected chi connectivity index (χ3v) is 4.19. The summed E-state index contributed by atoms with van der Waals surface area (Å²) in [6.07, 6.45) is 9.39. The Labute approximate surface area is 116 Å². The number of ether oxygens (including phenoxy) is 1. The number of rotatable bonds is 6. The van der Waals surface area contributed by atoms with Crippen LogP contribution in [0.4, 0.5) is 5.69 Å². The fraction of sp³-hybridized carbons (Fsp3) is 0.800. The SMILES string of the molecule is COCCn1cc(NC2CCCCC2C(C)C)cn1. The first-order chi connectivity index (χ1) is 9.20. The Morgan fingerprint density at radius 3 is 2.95 bits per heavy atom. The molecule has 1 aromatic heterocycles. The summed E-state index contributed by atoms with van der Waals surface area (Å²) in [6.45, 7) is 6.20. The Morgan fingerprint density at radius 2 is 2.21 bits per heavy atom. The zero-order valence-corrected chi connectivity index (χ0v) is 12.4. The van der Waals surface area contributed by atoms with E-state index in [1.54, 1.807) is 7.11 Å². The lowest BCUT2D eigenvalue weighted by molar-refractivity contribution is 0.183. The first kappa shape index (κ1) is 14.4. The van der Waals surface area contributed by atoms with E-state index in [9.17, 15) is 0 Å². The molecule has 1 fully saturated rings. The van der Waals surface area contributed by atoms with Gasteiger partial charge in [-0.2, -0.15) is 5.10 Å². The predicted octanol–water partition coefficient (Wildman–Crippen LogP) is 3.16. The Bertz CT molecular complexity index is 375. The van der Waals surface area contributed by atoms with E-state index < -0.39 is 0 Å². The molecular weight excluding hydrogens is 238 g/mol. The largest absolute Gasteiger partial charge is 0.383 e. The molecular formula is C15H27N3O. The molecule has 2 atom stereocenters. The van der Waals surface area contributed by atoms with Crippen LogP contribution in [0.3, 0.4) is 0 Å². The number of aromatic nitrogens is 2. The van der Waals surface area contributed by atoms with Crippen molar-refractivity contribution >= 4 is 5.69 Å². The van der Waals surface area contributed by atoms with Crippen molar-refractivity contribution in [3.63, 3.8) is 0 Å². The number of nitrogens with zero attached hydrogens (tertiary/aromatic N) is 2. The smallest absolute Gasteiger partial charge is 0.0728 e. The van der Waals surface area contributed by atoms with Gasteiger partial charge in [0.1, 0.15) is 0 Å². The number of methoxy groups -OCH3 is 1. The van der Waals surface area contributed by atoms with E-state index in [2.05, 4.69) is 30.5 Å². The molecule has 0 radical (unpaired) electrons. The molecule has 1 heterocycles. The van der Waals surface area contributed by atoms with E-state index >= 15 is 0 Å². The Morgan fingerprint density at radius 1 is 1.42 bits per heavy atom. The molecule has 0 spiro atoms. The van der Waals surface area contributed by atoms with Crippen molar-refractivity contribution in [1.29, 1.82) is 0 Å². The summed E-state index contributed by atoms with van der Waals surface area (Å²) >= 11 is 0. The second-order valence-electron chi connectivity index (χ2n) is 5.93. The molecule has 2 rings (SSSR count). The first-order valence-electron chi connectivity index (χ1n) is 7.48. The quantitative estimate of drug-likeness (QED) is 0.858. The monoisotopic (exact) mass is 265 g/mol. The third-order valence-electron chi connectivity index (χ3n) is 4.19. The second-order valence-corrected chi connectivity index (χ2v) is 5.93. The average molecular weight is 265 g/mol. The van der Waals surface area contributed by atoms with Gasteiger partial charge < -0.3 is 10.1 Å². The van der Waals surface area contributed by atoms with Gasteiger partial charge in [0.05, 0.1) is 25.0 Å². The van der Waals surface area contributed by atoms with Crippen LogP contribution in [0.2, 0.25) is 0 Å². The fourth-order valence-electron chi connectivity index (χ4n) is 3.10. The third kappa shape index (κ3) is 3.96. The highest BCUT2D eigenvalue weighted by atomic mass is 16.5. The molecule has 1 aliphatic carbocycles. The minimum Gasteiger partial charge on any atom is -0.383 e. The van der Waals surface area contributed by atoms with E-state index in [4.69, 9.17) is 4.74 Å². The van der Waals surface area contributed by atoms with Crippen LogP contribution in [0.5, 0.6) is 0 Å². The van der Waals surface area contributed by atoms with Gasteiger partial charge in [-0.1, -0.05) is 26.7 Å². The Kier molecular flexibility index (Phi) is 5.25. The fourth-order valence-corrected chi connectivity index (χ4v) is 3.10. The highest BCUT2D eigenvalue weighted by Gasteiger charge is 2.27. The normalized spacial score (nSPS) is 23.8. The molecule has 0 aliphatic heterocycles. The van der Waals surface area contributed by atoms with Crippen molar-refractivity contribution in [2.24, 2.45) is 11.8 Å². The van der Waals surface area contributed by atoms with Crippen LogP contribution in [0, 0.1) is 11.8 Å². The summed E-state index contributed by atoms with van der Waals surface area (Å²) in [4.78, 5) is 0. The topological polar surface area (TPSA) is 39.1 Å². The summed E-state index contributed by atoms with van der Waals surface area (Å²) in [5, 5.41) is 8.05. The van der Waals surface area contributed by atoms with Crippen LogP contribution in [0.1, 0.15) is 39.5 Å². The van der Waals surface area contributed by atoms with Crippen LogP contribution in [-0.4, -0.2) is 29.5 Å². The van der Waals surface area contributed by atoms with Crippen LogP contribution in [-0.2, 0) is 11.3 Å². The van der Waals surface area contributed by atoms with Crippen molar-refractivity contribution in [1.82, 2.24) is 9.78 Å². The number of nitrogens with one attached hydrogen (secondary N) is 1. The molecule has 1 saturated carbocycles. The molecule has 4 nitrogen and oxygen atoms in total. The molecule has 0 aromatic carbocycles. The van der Waals surface area contributed by atoms with Crippen molar-refractivity contribution < 1.29 is 4.74 Å². The molecule has 0 saturated heterocycles. The molecule has 0 bridgehead atoms. The minimum atomic E-state index is 0.605. The number of hydrogen-bond acceptors (Lipinski definition) is 3. The first-order valence-corrected chi connectivity index (χ1v) is 7.48. The van der Waals surface area contributed by atoms with Gasteiger partial charge >= 0.3 is 0 Å². The lowest BCUT2D eigenvalue weighted by Crippen LogP contribution is -2.35. The zero-order chi connectivity index (χ0) is 13.7. The van der Waals surface area contributed by atoms with E-state index in [1.165, 1.54) is 25.7 Å². The van der Waals surface area contributed by atoms with E-state index in [1.807, 2.05) is 10.9 Å². The maximum Gasteiger partial charge on any atom is 0.0728 e. The highest BCUT2D eigenvalue weighted by Crippen LogP contribution is 2.32. The van der Waals surface area contributed by atoms with Gasteiger partial charge in [0.25, 0.3) is 0 Å². The molecule has 19 heavy (non-hydrogen) atoms. The summed E-state index contributed by atoms with van der Waals surface area (Å²) < 4.78 is 7.02. The molecule has 108 valence electrons. The van der Waals surface area contributed by atoms with Gasteiger partial charge in [-0.3, -0.25) is 4.68 Å². The standard InChI is InChI=1S/C15H27N3O/c1-12(2)14-6-4-5-7-15(14)17-13-10-16-18(11-13)8-9-19-3/h10-12,14-15,17H,4-9H2,1-3H3. The van der Waals surface area contributed by atoms with E-state index in [0.717, 1.165) is 24.1 Å². The van der Waals surface area contributed by atoms with E-state index in [0.29, 0.717) is 12.6 Å². The van der Waals surface area contributed by atoms with Crippen molar-refractivity contribution in [3.8, 4) is 0 Å². The molecule has 1 aromatic rings. The summed E-state index contributed by atoms with van der Waals surface area (Å²) in [5.74, 6) is 1.54. The van der Waals surface area contributed by atoms with Gasteiger partial charge in [0.2, 0.25) is 0 Å².